The number of anilines is 1. The number of hydrogen-bond acceptors (Lipinski definition) is 4. The molecule has 0 heterocycles. The lowest BCUT2D eigenvalue weighted by Gasteiger charge is -2.28. The first-order valence-corrected chi connectivity index (χ1v) is 13.5. The highest BCUT2D eigenvalue weighted by molar-refractivity contribution is 7.92. The molecule has 0 aliphatic carbocycles. The van der Waals surface area contributed by atoms with Gasteiger partial charge in [0.25, 0.3) is 10.0 Å². The van der Waals surface area contributed by atoms with Crippen LogP contribution in [-0.2, 0) is 14.8 Å². The number of carbonyl (C=O) groups is 1. The SMILES string of the molecule is COc1ccc([C@@H](CC(C)C)NC(=O)CN(c2ccc(C)cc2C)S(=O)(=O)c2ccc(C)cc2)cc1. The monoisotopic (exact) mass is 508 g/mol. The molecule has 0 radical (unpaired) electrons. The Morgan fingerprint density at radius 1 is 0.917 bits per heavy atom. The van der Waals surface area contributed by atoms with Crippen LogP contribution in [0.25, 0.3) is 0 Å². The van der Waals surface area contributed by atoms with E-state index in [0.717, 1.165) is 28.0 Å². The topological polar surface area (TPSA) is 75.7 Å². The zero-order valence-corrected chi connectivity index (χ0v) is 22.7. The maximum absolute atomic E-state index is 13.8. The van der Waals surface area contributed by atoms with Crippen molar-refractivity contribution >= 4 is 21.6 Å². The number of methoxy groups -OCH3 is 1. The summed E-state index contributed by atoms with van der Waals surface area (Å²) in [5.74, 6) is 0.690. The van der Waals surface area contributed by atoms with Gasteiger partial charge in [0.2, 0.25) is 5.91 Å². The van der Waals surface area contributed by atoms with Crippen LogP contribution in [-0.4, -0.2) is 28.0 Å². The molecule has 1 atom stereocenters. The summed E-state index contributed by atoms with van der Waals surface area (Å²) in [6.07, 6.45) is 0.715. The molecule has 0 aliphatic heterocycles. The molecule has 0 spiro atoms. The van der Waals surface area contributed by atoms with E-state index in [1.54, 1.807) is 37.4 Å². The van der Waals surface area contributed by atoms with E-state index in [2.05, 4.69) is 19.2 Å². The summed E-state index contributed by atoms with van der Waals surface area (Å²) in [4.78, 5) is 13.5. The third kappa shape index (κ3) is 6.66. The third-order valence-electron chi connectivity index (χ3n) is 6.08. The van der Waals surface area contributed by atoms with Crippen molar-refractivity contribution in [2.45, 2.75) is 52.0 Å². The van der Waals surface area contributed by atoms with Gasteiger partial charge in [0.1, 0.15) is 12.3 Å². The summed E-state index contributed by atoms with van der Waals surface area (Å²) in [7, 11) is -2.37. The lowest BCUT2D eigenvalue weighted by Crippen LogP contribution is -2.42. The predicted octanol–water partition coefficient (Wildman–Crippen LogP) is 5.72. The molecule has 192 valence electrons. The van der Waals surface area contributed by atoms with Crippen molar-refractivity contribution in [2.75, 3.05) is 18.0 Å². The number of nitrogens with zero attached hydrogens (tertiary/aromatic N) is 1. The van der Waals surface area contributed by atoms with Crippen molar-refractivity contribution in [1.82, 2.24) is 5.32 Å². The van der Waals surface area contributed by atoms with Gasteiger partial charge in [-0.15, -0.1) is 0 Å². The molecular formula is C29H36N2O4S. The first kappa shape index (κ1) is 27.3. The molecule has 0 saturated carbocycles. The zero-order chi connectivity index (χ0) is 26.5. The fourth-order valence-electron chi connectivity index (χ4n) is 4.18. The minimum atomic E-state index is -3.98. The molecular weight excluding hydrogens is 472 g/mol. The highest BCUT2D eigenvalue weighted by Crippen LogP contribution is 2.29. The fraction of sp³-hybridized carbons (Fsp3) is 0.345. The number of hydrogen-bond donors (Lipinski definition) is 1. The largest absolute Gasteiger partial charge is 0.497 e. The summed E-state index contributed by atoms with van der Waals surface area (Å²) in [6.45, 7) is 9.56. The number of aryl methyl sites for hydroxylation is 3. The molecule has 0 aromatic heterocycles. The number of ether oxygens (including phenoxy) is 1. The average molecular weight is 509 g/mol. The normalized spacial score (nSPS) is 12.3. The van der Waals surface area contributed by atoms with Crippen LogP contribution >= 0.6 is 0 Å². The van der Waals surface area contributed by atoms with Crippen molar-refractivity contribution < 1.29 is 17.9 Å². The highest BCUT2D eigenvalue weighted by Gasteiger charge is 2.29. The minimum Gasteiger partial charge on any atom is -0.497 e. The maximum atomic E-state index is 13.8. The van der Waals surface area contributed by atoms with Gasteiger partial charge in [0.15, 0.2) is 0 Å². The smallest absolute Gasteiger partial charge is 0.264 e. The lowest BCUT2D eigenvalue weighted by atomic mass is 9.97. The number of nitrogens with one attached hydrogen (secondary N) is 1. The maximum Gasteiger partial charge on any atom is 0.264 e. The lowest BCUT2D eigenvalue weighted by molar-refractivity contribution is -0.120. The van der Waals surface area contributed by atoms with Crippen LogP contribution in [0.1, 0.15) is 48.6 Å². The zero-order valence-electron chi connectivity index (χ0n) is 21.9. The fourth-order valence-corrected chi connectivity index (χ4v) is 5.66. The van der Waals surface area contributed by atoms with Crippen LogP contribution < -0.4 is 14.4 Å². The third-order valence-corrected chi connectivity index (χ3v) is 7.85. The molecule has 3 aromatic carbocycles. The van der Waals surface area contributed by atoms with Gasteiger partial charge in [0.05, 0.1) is 23.7 Å². The van der Waals surface area contributed by atoms with Crippen molar-refractivity contribution in [2.24, 2.45) is 5.92 Å². The average Bonchev–Trinajstić information content (AvgIpc) is 2.82. The standard InChI is InChI=1S/C29H36N2O4S/c1-20(2)17-27(24-10-12-25(35-6)13-11-24)30-29(32)19-31(28-16-9-22(4)18-23(28)5)36(33,34)26-14-7-21(3)8-15-26/h7-16,18,20,27H,17,19H2,1-6H3,(H,30,32)/t27-/m1/s1. The summed E-state index contributed by atoms with van der Waals surface area (Å²) in [6, 6.07) is 19.5. The van der Waals surface area contributed by atoms with Crippen molar-refractivity contribution in [3.8, 4) is 5.75 Å². The van der Waals surface area contributed by atoms with E-state index in [-0.39, 0.29) is 23.4 Å². The Bertz CT molecular complexity index is 1280. The van der Waals surface area contributed by atoms with Gasteiger partial charge < -0.3 is 10.1 Å². The number of carbonyl (C=O) groups excluding carboxylic acids is 1. The second-order valence-electron chi connectivity index (χ2n) is 9.64. The molecule has 0 fully saturated rings. The van der Waals surface area contributed by atoms with Gasteiger partial charge in [0, 0.05) is 0 Å². The van der Waals surface area contributed by atoms with Crippen LogP contribution in [0.5, 0.6) is 5.75 Å². The highest BCUT2D eigenvalue weighted by atomic mass is 32.2. The van der Waals surface area contributed by atoms with Gasteiger partial charge in [-0.2, -0.15) is 0 Å². The van der Waals surface area contributed by atoms with Crippen molar-refractivity contribution in [3.05, 3.63) is 89.0 Å². The molecule has 1 amide bonds. The molecule has 0 saturated heterocycles. The van der Waals surface area contributed by atoms with E-state index in [1.807, 2.05) is 57.2 Å². The van der Waals surface area contributed by atoms with Gasteiger partial charge in [-0.1, -0.05) is 61.4 Å². The first-order valence-electron chi connectivity index (χ1n) is 12.1. The first-order chi connectivity index (χ1) is 17.0. The van der Waals surface area contributed by atoms with Crippen LogP contribution in [0.2, 0.25) is 0 Å². The Morgan fingerprint density at radius 2 is 1.53 bits per heavy atom. The quantitative estimate of drug-likeness (QED) is 0.380. The summed E-state index contributed by atoms with van der Waals surface area (Å²) in [5, 5.41) is 3.08. The second kappa shape index (κ2) is 11.6. The van der Waals surface area contributed by atoms with E-state index in [9.17, 15) is 13.2 Å². The van der Waals surface area contributed by atoms with E-state index in [4.69, 9.17) is 4.74 Å². The van der Waals surface area contributed by atoms with E-state index >= 15 is 0 Å². The molecule has 0 bridgehead atoms. The Hall–Kier alpha value is -3.32. The van der Waals surface area contributed by atoms with Crippen LogP contribution in [0.3, 0.4) is 0 Å². The summed E-state index contributed by atoms with van der Waals surface area (Å²) >= 11 is 0. The molecule has 36 heavy (non-hydrogen) atoms. The van der Waals surface area contributed by atoms with Crippen LogP contribution in [0.4, 0.5) is 5.69 Å². The van der Waals surface area contributed by atoms with Gasteiger partial charge in [-0.05, 0) is 74.6 Å². The van der Waals surface area contributed by atoms with Gasteiger partial charge in [-0.3, -0.25) is 9.10 Å². The summed E-state index contributed by atoms with van der Waals surface area (Å²) in [5.41, 5.74) is 4.19. The van der Waals surface area contributed by atoms with Crippen LogP contribution in [0, 0.1) is 26.7 Å². The molecule has 6 nitrogen and oxygen atoms in total. The van der Waals surface area contributed by atoms with E-state index in [1.165, 1.54) is 4.31 Å². The number of rotatable bonds is 10. The Kier molecular flexibility index (Phi) is 8.79. The predicted molar refractivity (Wildman–Crippen MR) is 145 cm³/mol. The molecule has 7 heteroatoms. The number of benzene rings is 3. The second-order valence-corrected chi connectivity index (χ2v) is 11.5. The minimum absolute atomic E-state index is 0.148. The Labute approximate surface area is 215 Å². The van der Waals surface area contributed by atoms with Crippen molar-refractivity contribution in [1.29, 1.82) is 0 Å². The van der Waals surface area contributed by atoms with Gasteiger partial charge >= 0.3 is 0 Å². The van der Waals surface area contributed by atoms with E-state index < -0.39 is 10.0 Å². The Balaban J connectivity index is 1.95. The molecule has 1 N–H and O–H groups in total. The van der Waals surface area contributed by atoms with Gasteiger partial charge in [-0.25, -0.2) is 8.42 Å². The molecule has 3 rings (SSSR count). The Morgan fingerprint density at radius 3 is 2.08 bits per heavy atom. The molecule has 0 unspecified atom stereocenters. The number of amides is 1. The summed E-state index contributed by atoms with van der Waals surface area (Å²) < 4.78 is 34.0. The molecule has 0 aliphatic rings. The van der Waals surface area contributed by atoms with Crippen LogP contribution in [0.15, 0.2) is 71.6 Å². The van der Waals surface area contributed by atoms with Crippen molar-refractivity contribution in [3.63, 3.8) is 0 Å². The molecule has 3 aromatic rings. The van der Waals surface area contributed by atoms with E-state index in [0.29, 0.717) is 18.0 Å². The number of sulfonamides is 1.